The largest absolute Gasteiger partial charge is 0.494 e. The number of esters is 1. The molecule has 0 aliphatic carbocycles. The summed E-state index contributed by atoms with van der Waals surface area (Å²) < 4.78 is 15.5. The molecule has 1 amide bonds. The van der Waals surface area contributed by atoms with E-state index in [1.807, 2.05) is 19.1 Å². The lowest BCUT2D eigenvalue weighted by Crippen LogP contribution is -2.31. The minimum absolute atomic E-state index is 0.299. The van der Waals surface area contributed by atoms with Crippen LogP contribution in [-0.4, -0.2) is 38.2 Å². The Labute approximate surface area is 130 Å². The maximum absolute atomic E-state index is 11.4. The lowest BCUT2D eigenvalue weighted by atomic mass is 10.3. The molecule has 120 valence electrons. The number of nitrogens with one attached hydrogen (secondary N) is 1. The molecule has 0 radical (unpaired) electrons. The summed E-state index contributed by atoms with van der Waals surface area (Å²) in [6.45, 7) is 4.58. The average molecular weight is 307 g/mol. The summed E-state index contributed by atoms with van der Waals surface area (Å²) in [7, 11) is 0. The van der Waals surface area contributed by atoms with Crippen LogP contribution in [0.3, 0.4) is 0 Å². The van der Waals surface area contributed by atoms with E-state index in [1.165, 1.54) is 6.08 Å². The lowest BCUT2D eigenvalue weighted by molar-refractivity contribution is -0.143. The smallest absolute Gasteiger partial charge is 0.330 e. The molecule has 0 aliphatic rings. The lowest BCUT2D eigenvalue weighted by Gasteiger charge is -2.09. The van der Waals surface area contributed by atoms with Crippen LogP contribution in [0.4, 0.5) is 0 Å². The normalized spacial score (nSPS) is 10.3. The van der Waals surface area contributed by atoms with E-state index < -0.39 is 5.97 Å². The highest BCUT2D eigenvalue weighted by molar-refractivity contribution is 5.85. The molecule has 0 fully saturated rings. The molecule has 0 atom stereocenters. The zero-order valence-corrected chi connectivity index (χ0v) is 12.8. The number of carbonyl (C=O) groups excluding carboxylic acids is 2. The first-order valence-electron chi connectivity index (χ1n) is 7.07. The second-order valence-electron chi connectivity index (χ2n) is 4.21. The molecule has 6 nitrogen and oxygen atoms in total. The minimum atomic E-state index is -0.539. The second kappa shape index (κ2) is 10.3. The summed E-state index contributed by atoms with van der Waals surface area (Å²) in [6, 6.07) is 7.23. The van der Waals surface area contributed by atoms with Crippen molar-refractivity contribution in [2.75, 3.05) is 26.4 Å². The van der Waals surface area contributed by atoms with Crippen LogP contribution in [0.1, 0.15) is 13.8 Å². The third kappa shape index (κ3) is 7.33. The first-order valence-corrected chi connectivity index (χ1v) is 7.07. The topological polar surface area (TPSA) is 73.9 Å². The van der Waals surface area contributed by atoms with Crippen molar-refractivity contribution in [1.29, 1.82) is 0 Å². The number of ether oxygens (including phenoxy) is 3. The molecule has 6 heteroatoms. The molecule has 0 spiro atoms. The van der Waals surface area contributed by atoms with E-state index in [1.54, 1.807) is 25.1 Å². The molecule has 1 aromatic carbocycles. The Morgan fingerprint density at radius 1 is 1.14 bits per heavy atom. The molecule has 1 aromatic rings. The highest BCUT2D eigenvalue weighted by Gasteiger charge is 2.04. The standard InChI is InChI=1S/C16H21NO5/c1-3-5-16(19)22-12-15(18)17-10-11-21-14-8-6-13(7-9-14)20-4-2/h3,5-9H,4,10-12H2,1-2H3,(H,17,18)/b5-3+. The number of carbonyl (C=O) groups is 2. The zero-order chi connectivity index (χ0) is 16.2. The van der Waals surface area contributed by atoms with Crippen LogP contribution in [0.15, 0.2) is 36.4 Å². The van der Waals surface area contributed by atoms with Crippen LogP contribution in [0, 0.1) is 0 Å². The number of amides is 1. The van der Waals surface area contributed by atoms with Crippen molar-refractivity contribution in [2.45, 2.75) is 13.8 Å². The Morgan fingerprint density at radius 2 is 1.77 bits per heavy atom. The summed E-state index contributed by atoms with van der Waals surface area (Å²) in [5, 5.41) is 2.59. The van der Waals surface area contributed by atoms with E-state index in [4.69, 9.17) is 14.2 Å². The molecule has 0 aliphatic heterocycles. The van der Waals surface area contributed by atoms with Gasteiger partial charge in [0.05, 0.1) is 13.2 Å². The van der Waals surface area contributed by atoms with Crippen LogP contribution in [0.5, 0.6) is 11.5 Å². The van der Waals surface area contributed by atoms with E-state index in [0.29, 0.717) is 25.5 Å². The highest BCUT2D eigenvalue weighted by atomic mass is 16.5. The van der Waals surface area contributed by atoms with Crippen LogP contribution < -0.4 is 14.8 Å². The van der Waals surface area contributed by atoms with Gasteiger partial charge in [0.2, 0.25) is 0 Å². The molecule has 0 saturated carbocycles. The quantitative estimate of drug-likeness (QED) is 0.427. The van der Waals surface area contributed by atoms with Crippen LogP contribution in [0.25, 0.3) is 0 Å². The third-order valence-corrected chi connectivity index (χ3v) is 2.48. The fraction of sp³-hybridized carbons (Fsp3) is 0.375. The van der Waals surface area contributed by atoms with E-state index in [-0.39, 0.29) is 12.5 Å². The van der Waals surface area contributed by atoms with Crippen molar-refractivity contribution < 1.29 is 23.8 Å². The Balaban J connectivity index is 2.16. The molecule has 0 bridgehead atoms. The fourth-order valence-corrected chi connectivity index (χ4v) is 1.53. The zero-order valence-electron chi connectivity index (χ0n) is 12.8. The van der Waals surface area contributed by atoms with Gasteiger partial charge in [-0.05, 0) is 38.1 Å². The first kappa shape index (κ1) is 17.6. The molecular formula is C16H21NO5. The van der Waals surface area contributed by atoms with Crippen molar-refractivity contribution in [3.05, 3.63) is 36.4 Å². The van der Waals surface area contributed by atoms with E-state index in [9.17, 15) is 9.59 Å². The summed E-state index contributed by atoms with van der Waals surface area (Å²) in [6.07, 6.45) is 2.80. The fourth-order valence-electron chi connectivity index (χ4n) is 1.53. The number of benzene rings is 1. The predicted octanol–water partition coefficient (Wildman–Crippen LogP) is 1.70. The molecule has 22 heavy (non-hydrogen) atoms. The second-order valence-corrected chi connectivity index (χ2v) is 4.21. The van der Waals surface area contributed by atoms with Crippen LogP contribution in [-0.2, 0) is 14.3 Å². The van der Waals surface area contributed by atoms with E-state index in [0.717, 1.165) is 5.75 Å². The molecule has 0 heterocycles. The summed E-state index contributed by atoms with van der Waals surface area (Å²) in [5.74, 6) is 0.569. The van der Waals surface area contributed by atoms with Crippen LogP contribution >= 0.6 is 0 Å². The summed E-state index contributed by atoms with van der Waals surface area (Å²) >= 11 is 0. The monoisotopic (exact) mass is 307 g/mol. The van der Waals surface area contributed by atoms with Gasteiger partial charge in [-0.15, -0.1) is 0 Å². The van der Waals surface area contributed by atoms with Gasteiger partial charge in [-0.25, -0.2) is 4.79 Å². The molecule has 1 rings (SSSR count). The Bertz CT molecular complexity index is 496. The summed E-state index contributed by atoms with van der Waals surface area (Å²) in [5.41, 5.74) is 0. The molecule has 0 unspecified atom stereocenters. The van der Waals surface area contributed by atoms with Gasteiger partial charge in [-0.1, -0.05) is 6.08 Å². The Morgan fingerprint density at radius 3 is 2.36 bits per heavy atom. The SMILES string of the molecule is C/C=C/C(=O)OCC(=O)NCCOc1ccc(OCC)cc1. The number of hydrogen-bond donors (Lipinski definition) is 1. The molecule has 0 saturated heterocycles. The predicted molar refractivity (Wildman–Crippen MR) is 81.9 cm³/mol. The maximum atomic E-state index is 11.4. The average Bonchev–Trinajstić information content (AvgIpc) is 2.52. The van der Waals surface area contributed by atoms with Gasteiger partial charge >= 0.3 is 5.97 Å². The molecule has 0 aromatic heterocycles. The number of rotatable bonds is 9. The Hall–Kier alpha value is -2.50. The number of allylic oxidation sites excluding steroid dienone is 1. The number of hydrogen-bond acceptors (Lipinski definition) is 5. The van der Waals surface area contributed by atoms with Gasteiger partial charge in [0, 0.05) is 6.08 Å². The molecular weight excluding hydrogens is 286 g/mol. The van der Waals surface area contributed by atoms with Gasteiger partial charge in [-0.3, -0.25) is 4.79 Å². The van der Waals surface area contributed by atoms with Crippen molar-refractivity contribution in [3.8, 4) is 11.5 Å². The minimum Gasteiger partial charge on any atom is -0.494 e. The van der Waals surface area contributed by atoms with Crippen molar-refractivity contribution >= 4 is 11.9 Å². The van der Waals surface area contributed by atoms with Crippen molar-refractivity contribution in [2.24, 2.45) is 0 Å². The van der Waals surface area contributed by atoms with E-state index >= 15 is 0 Å². The van der Waals surface area contributed by atoms with Crippen molar-refractivity contribution in [3.63, 3.8) is 0 Å². The Kier molecular flexibility index (Phi) is 8.18. The maximum Gasteiger partial charge on any atom is 0.330 e. The first-order chi connectivity index (χ1) is 10.7. The van der Waals surface area contributed by atoms with Crippen LogP contribution in [0.2, 0.25) is 0 Å². The van der Waals surface area contributed by atoms with Gasteiger partial charge < -0.3 is 19.5 Å². The molecule has 1 N–H and O–H groups in total. The van der Waals surface area contributed by atoms with Gasteiger partial charge in [0.25, 0.3) is 5.91 Å². The van der Waals surface area contributed by atoms with Gasteiger partial charge in [0.15, 0.2) is 6.61 Å². The van der Waals surface area contributed by atoms with Gasteiger partial charge in [0.1, 0.15) is 18.1 Å². The third-order valence-electron chi connectivity index (χ3n) is 2.48. The summed E-state index contributed by atoms with van der Waals surface area (Å²) in [4.78, 5) is 22.4. The van der Waals surface area contributed by atoms with Gasteiger partial charge in [-0.2, -0.15) is 0 Å². The van der Waals surface area contributed by atoms with E-state index in [2.05, 4.69) is 5.32 Å². The van der Waals surface area contributed by atoms with Crippen molar-refractivity contribution in [1.82, 2.24) is 5.32 Å². The highest BCUT2D eigenvalue weighted by Crippen LogP contribution is 2.17.